The predicted molar refractivity (Wildman–Crippen MR) is 57.3 cm³/mol. The number of carbonyl (C=O) groups is 2. The van der Waals surface area contributed by atoms with Crippen LogP contribution in [0, 0.1) is 13.8 Å². The third-order valence-corrected chi connectivity index (χ3v) is 1.87. The van der Waals surface area contributed by atoms with Gasteiger partial charge in [0.15, 0.2) is 0 Å². The molecule has 5 nitrogen and oxygen atoms in total. The fourth-order valence-electron chi connectivity index (χ4n) is 1.20. The molecule has 0 bridgehead atoms. The fourth-order valence-corrected chi connectivity index (χ4v) is 1.20. The second-order valence-electron chi connectivity index (χ2n) is 3.16. The van der Waals surface area contributed by atoms with Gasteiger partial charge in [0.05, 0.1) is 0 Å². The number of benzene rings is 1. The molecule has 3 N–H and O–H groups in total. The van der Waals surface area contributed by atoms with Gasteiger partial charge in [0.1, 0.15) is 0 Å². The molecular weight excluding hydrogens is 194 g/mol. The van der Waals surface area contributed by atoms with E-state index in [1.54, 1.807) is 0 Å². The van der Waals surface area contributed by atoms with E-state index in [9.17, 15) is 9.59 Å². The molecule has 0 saturated carbocycles. The topological polar surface area (TPSA) is 70.2 Å². The van der Waals surface area contributed by atoms with Gasteiger partial charge in [0.25, 0.3) is 0 Å². The Kier molecular flexibility index (Phi) is 3.68. The maximum absolute atomic E-state index is 11.2. The van der Waals surface area contributed by atoms with Crippen molar-refractivity contribution in [2.75, 3.05) is 5.32 Å². The van der Waals surface area contributed by atoms with E-state index >= 15 is 0 Å². The van der Waals surface area contributed by atoms with Gasteiger partial charge in [-0.2, -0.15) is 0 Å². The van der Waals surface area contributed by atoms with Gasteiger partial charge in [0, 0.05) is 5.69 Å². The zero-order valence-electron chi connectivity index (χ0n) is 8.63. The third kappa shape index (κ3) is 3.30. The summed E-state index contributed by atoms with van der Waals surface area (Å²) >= 11 is 0. The van der Waals surface area contributed by atoms with E-state index in [4.69, 9.17) is 0 Å². The van der Waals surface area contributed by atoms with Crippen LogP contribution in [0.15, 0.2) is 18.2 Å². The lowest BCUT2D eigenvalue weighted by atomic mass is 10.1. The monoisotopic (exact) mass is 207 g/mol. The molecule has 0 aliphatic rings. The van der Waals surface area contributed by atoms with Gasteiger partial charge in [0.2, 0.25) is 6.41 Å². The fraction of sp³-hybridized carbons (Fsp3) is 0.200. The van der Waals surface area contributed by atoms with E-state index in [0.717, 1.165) is 11.1 Å². The van der Waals surface area contributed by atoms with E-state index in [1.807, 2.05) is 32.0 Å². The number of hydrogen-bond acceptors (Lipinski definition) is 2. The second-order valence-corrected chi connectivity index (χ2v) is 3.16. The summed E-state index contributed by atoms with van der Waals surface area (Å²) in [6, 6.07) is 5.19. The van der Waals surface area contributed by atoms with Crippen molar-refractivity contribution in [3.8, 4) is 0 Å². The minimum absolute atomic E-state index is 0.390. The summed E-state index contributed by atoms with van der Waals surface area (Å²) in [5, 5.41) is 2.60. The summed E-state index contributed by atoms with van der Waals surface area (Å²) in [6.45, 7) is 3.88. The molecule has 0 spiro atoms. The van der Waals surface area contributed by atoms with Crippen molar-refractivity contribution in [1.29, 1.82) is 0 Å². The van der Waals surface area contributed by atoms with Crippen molar-refractivity contribution in [2.45, 2.75) is 13.8 Å². The van der Waals surface area contributed by atoms with Crippen molar-refractivity contribution in [3.05, 3.63) is 29.3 Å². The average Bonchev–Trinajstić information content (AvgIpc) is 2.19. The van der Waals surface area contributed by atoms with Crippen LogP contribution in [0.25, 0.3) is 0 Å². The van der Waals surface area contributed by atoms with Gasteiger partial charge in [-0.15, -0.1) is 0 Å². The molecular formula is C10H13N3O2. The van der Waals surface area contributed by atoms with E-state index in [0.29, 0.717) is 12.1 Å². The number of anilines is 1. The van der Waals surface area contributed by atoms with E-state index in [2.05, 4.69) is 16.2 Å². The lowest BCUT2D eigenvalue weighted by molar-refractivity contribution is -0.110. The van der Waals surface area contributed by atoms with Crippen LogP contribution in [0.2, 0.25) is 0 Å². The Bertz CT molecular complexity index is 377. The third-order valence-electron chi connectivity index (χ3n) is 1.87. The van der Waals surface area contributed by atoms with Crippen molar-refractivity contribution < 1.29 is 9.59 Å². The normalized spacial score (nSPS) is 9.20. The molecule has 0 aliphatic heterocycles. The molecule has 15 heavy (non-hydrogen) atoms. The lowest BCUT2D eigenvalue weighted by Gasteiger charge is -2.09. The number of amides is 3. The van der Waals surface area contributed by atoms with E-state index < -0.39 is 6.03 Å². The van der Waals surface area contributed by atoms with Gasteiger partial charge in [-0.3, -0.25) is 10.2 Å². The summed E-state index contributed by atoms with van der Waals surface area (Å²) in [7, 11) is 0. The minimum atomic E-state index is -0.478. The summed E-state index contributed by atoms with van der Waals surface area (Å²) in [5.41, 5.74) is 7.02. The highest BCUT2D eigenvalue weighted by molar-refractivity contribution is 5.90. The Morgan fingerprint density at radius 1 is 1.33 bits per heavy atom. The van der Waals surface area contributed by atoms with Crippen LogP contribution >= 0.6 is 0 Å². The van der Waals surface area contributed by atoms with Crippen molar-refractivity contribution >= 4 is 18.1 Å². The molecule has 80 valence electrons. The molecule has 0 radical (unpaired) electrons. The van der Waals surface area contributed by atoms with Crippen molar-refractivity contribution in [3.63, 3.8) is 0 Å². The van der Waals surface area contributed by atoms with Gasteiger partial charge in [-0.25, -0.2) is 10.2 Å². The van der Waals surface area contributed by atoms with Crippen molar-refractivity contribution in [2.24, 2.45) is 0 Å². The standard InChI is InChI=1S/C10H13N3O2/c1-7-3-4-9(8(2)5-7)12-10(15)13-11-6-14/h3-6H,1-2H3,(H,11,14)(H2,12,13,15). The molecule has 0 fully saturated rings. The molecule has 0 saturated heterocycles. The van der Waals surface area contributed by atoms with Crippen LogP contribution in [0.1, 0.15) is 11.1 Å². The molecule has 0 atom stereocenters. The molecule has 0 unspecified atom stereocenters. The van der Waals surface area contributed by atoms with Crippen molar-refractivity contribution in [1.82, 2.24) is 10.9 Å². The Balaban J connectivity index is 2.64. The minimum Gasteiger partial charge on any atom is -0.306 e. The number of carbonyl (C=O) groups excluding carboxylic acids is 2. The highest BCUT2D eigenvalue weighted by atomic mass is 16.2. The second kappa shape index (κ2) is 4.99. The Morgan fingerprint density at radius 3 is 2.67 bits per heavy atom. The first-order chi connectivity index (χ1) is 7.13. The zero-order valence-corrected chi connectivity index (χ0v) is 8.63. The number of hydrazine groups is 1. The molecule has 0 heterocycles. The molecule has 0 aromatic heterocycles. The molecule has 3 amide bonds. The van der Waals surface area contributed by atoms with Gasteiger partial charge < -0.3 is 5.32 Å². The number of hydrogen-bond donors (Lipinski definition) is 3. The number of aryl methyl sites for hydroxylation is 2. The molecule has 0 aliphatic carbocycles. The summed E-state index contributed by atoms with van der Waals surface area (Å²) in [4.78, 5) is 21.1. The summed E-state index contributed by atoms with van der Waals surface area (Å²) in [5.74, 6) is 0. The maximum Gasteiger partial charge on any atom is 0.337 e. The highest BCUT2D eigenvalue weighted by Gasteiger charge is 2.02. The average molecular weight is 207 g/mol. The SMILES string of the molecule is Cc1ccc(NC(=O)NNC=O)c(C)c1. The van der Waals surface area contributed by atoms with Gasteiger partial charge in [-0.05, 0) is 25.5 Å². The quantitative estimate of drug-likeness (QED) is 0.513. The van der Waals surface area contributed by atoms with E-state index in [1.165, 1.54) is 0 Å². The van der Waals surface area contributed by atoms with Gasteiger partial charge >= 0.3 is 6.03 Å². The Hall–Kier alpha value is -2.04. The first-order valence-electron chi connectivity index (χ1n) is 4.47. The first-order valence-corrected chi connectivity index (χ1v) is 4.47. The number of nitrogens with one attached hydrogen (secondary N) is 3. The summed E-state index contributed by atoms with van der Waals surface area (Å²) in [6.07, 6.45) is 0.390. The molecule has 1 rings (SSSR count). The van der Waals surface area contributed by atoms with Crippen LogP contribution in [0.4, 0.5) is 10.5 Å². The molecule has 5 heteroatoms. The lowest BCUT2D eigenvalue weighted by Crippen LogP contribution is -2.39. The first kappa shape index (κ1) is 11.0. The van der Waals surface area contributed by atoms with Crippen LogP contribution in [0.3, 0.4) is 0 Å². The van der Waals surface area contributed by atoms with E-state index in [-0.39, 0.29) is 0 Å². The summed E-state index contributed by atoms with van der Waals surface area (Å²) < 4.78 is 0. The Morgan fingerprint density at radius 2 is 2.07 bits per heavy atom. The highest BCUT2D eigenvalue weighted by Crippen LogP contribution is 2.15. The van der Waals surface area contributed by atoms with Crippen LogP contribution < -0.4 is 16.2 Å². The number of rotatable bonds is 3. The predicted octanol–water partition coefficient (Wildman–Crippen LogP) is 1.09. The zero-order chi connectivity index (χ0) is 11.3. The van der Waals surface area contributed by atoms with Crippen LogP contribution in [-0.2, 0) is 4.79 Å². The van der Waals surface area contributed by atoms with Gasteiger partial charge in [-0.1, -0.05) is 17.7 Å². The molecule has 1 aromatic carbocycles. The largest absolute Gasteiger partial charge is 0.337 e. The van der Waals surface area contributed by atoms with Crippen LogP contribution in [-0.4, -0.2) is 12.4 Å². The smallest absolute Gasteiger partial charge is 0.306 e. The molecule has 1 aromatic rings. The van der Waals surface area contributed by atoms with Crippen LogP contribution in [0.5, 0.6) is 0 Å². The Labute approximate surface area is 87.8 Å². The maximum atomic E-state index is 11.2. The number of urea groups is 1.